The SMILES string of the molecule is C=C/C(C#N)=C\C=C/CC(/C=C\O)CO. The van der Waals surface area contributed by atoms with Gasteiger partial charge in [0.15, 0.2) is 0 Å². The van der Waals surface area contributed by atoms with Gasteiger partial charge in [-0.1, -0.05) is 24.8 Å². The van der Waals surface area contributed by atoms with Crippen LogP contribution >= 0.6 is 0 Å². The molecule has 0 aromatic heterocycles. The number of rotatable bonds is 6. The molecular weight excluding hydrogens is 190 g/mol. The van der Waals surface area contributed by atoms with E-state index in [1.165, 1.54) is 12.2 Å². The van der Waals surface area contributed by atoms with Gasteiger partial charge in [-0.15, -0.1) is 0 Å². The van der Waals surface area contributed by atoms with Crippen molar-refractivity contribution < 1.29 is 10.2 Å². The monoisotopic (exact) mass is 205 g/mol. The zero-order chi connectivity index (χ0) is 11.5. The molecule has 0 aliphatic rings. The molecule has 0 aromatic carbocycles. The Morgan fingerprint density at radius 2 is 2.27 bits per heavy atom. The fourth-order valence-electron chi connectivity index (χ4n) is 0.912. The Balaban J connectivity index is 4.14. The van der Waals surface area contributed by atoms with Crippen LogP contribution in [0.15, 0.2) is 48.8 Å². The van der Waals surface area contributed by atoms with Crippen molar-refractivity contribution in [1.82, 2.24) is 0 Å². The molecule has 0 saturated carbocycles. The first-order valence-corrected chi connectivity index (χ1v) is 4.59. The first kappa shape index (κ1) is 13.2. The van der Waals surface area contributed by atoms with E-state index in [4.69, 9.17) is 15.5 Å². The minimum atomic E-state index is -0.0890. The van der Waals surface area contributed by atoms with Crippen LogP contribution in [0, 0.1) is 17.2 Å². The van der Waals surface area contributed by atoms with Crippen LogP contribution in [0.1, 0.15) is 6.42 Å². The van der Waals surface area contributed by atoms with Crippen LogP contribution in [0.2, 0.25) is 0 Å². The van der Waals surface area contributed by atoms with Crippen LogP contribution in [0.3, 0.4) is 0 Å². The summed E-state index contributed by atoms with van der Waals surface area (Å²) in [5, 5.41) is 25.9. The van der Waals surface area contributed by atoms with E-state index in [-0.39, 0.29) is 12.5 Å². The lowest BCUT2D eigenvalue weighted by molar-refractivity contribution is 0.251. The second-order valence-electron chi connectivity index (χ2n) is 2.89. The van der Waals surface area contributed by atoms with Crippen LogP contribution in [-0.4, -0.2) is 16.8 Å². The number of aliphatic hydroxyl groups excluding tert-OH is 2. The molecule has 1 atom stereocenters. The number of hydrogen-bond donors (Lipinski definition) is 2. The maximum Gasteiger partial charge on any atom is 0.0991 e. The largest absolute Gasteiger partial charge is 0.516 e. The standard InChI is InChI=1S/C12H15NO2/c1-2-11(9-13)5-3-4-6-12(10-15)7-8-14/h2-5,7-8,12,14-15H,1,6,10H2/b4-3-,8-7-,11-5+. The van der Waals surface area contributed by atoms with Crippen molar-refractivity contribution in [3.63, 3.8) is 0 Å². The number of allylic oxidation sites excluding steroid dienone is 5. The average molecular weight is 205 g/mol. The molecule has 0 aliphatic heterocycles. The fraction of sp³-hybridized carbons (Fsp3) is 0.250. The highest BCUT2D eigenvalue weighted by Gasteiger charge is 1.98. The molecule has 80 valence electrons. The molecule has 0 saturated heterocycles. The maximum absolute atomic E-state index is 8.88. The molecule has 0 fully saturated rings. The fourth-order valence-corrected chi connectivity index (χ4v) is 0.912. The molecule has 2 N–H and O–H groups in total. The maximum atomic E-state index is 8.88. The van der Waals surface area contributed by atoms with E-state index in [2.05, 4.69) is 6.58 Å². The van der Waals surface area contributed by atoms with Gasteiger partial charge < -0.3 is 10.2 Å². The minimum absolute atomic E-state index is 0.0162. The van der Waals surface area contributed by atoms with E-state index in [0.717, 1.165) is 6.26 Å². The lowest BCUT2D eigenvalue weighted by atomic mass is 10.1. The van der Waals surface area contributed by atoms with E-state index in [0.29, 0.717) is 12.0 Å². The van der Waals surface area contributed by atoms with Crippen LogP contribution < -0.4 is 0 Å². The Kier molecular flexibility index (Phi) is 7.74. The first-order valence-electron chi connectivity index (χ1n) is 4.59. The molecule has 0 aromatic rings. The van der Waals surface area contributed by atoms with Gasteiger partial charge >= 0.3 is 0 Å². The Labute approximate surface area is 90.0 Å². The molecule has 0 aliphatic carbocycles. The third-order valence-electron chi connectivity index (χ3n) is 1.79. The number of nitriles is 1. The van der Waals surface area contributed by atoms with E-state index < -0.39 is 0 Å². The number of aliphatic hydroxyl groups is 2. The van der Waals surface area contributed by atoms with Gasteiger partial charge in [0.25, 0.3) is 0 Å². The lowest BCUT2D eigenvalue weighted by Crippen LogP contribution is -2.00. The van der Waals surface area contributed by atoms with Crippen molar-refractivity contribution in [2.45, 2.75) is 6.42 Å². The highest BCUT2D eigenvalue weighted by atomic mass is 16.3. The molecule has 15 heavy (non-hydrogen) atoms. The third-order valence-corrected chi connectivity index (χ3v) is 1.79. The van der Waals surface area contributed by atoms with Gasteiger partial charge in [-0.2, -0.15) is 5.26 Å². The summed E-state index contributed by atoms with van der Waals surface area (Å²) in [6.07, 6.45) is 9.73. The molecule has 0 heterocycles. The van der Waals surface area contributed by atoms with Crippen LogP contribution in [0.5, 0.6) is 0 Å². The molecule has 1 unspecified atom stereocenters. The molecule has 0 rings (SSSR count). The molecule has 3 heteroatoms. The molecule has 0 bridgehead atoms. The number of hydrogen-bond acceptors (Lipinski definition) is 3. The Morgan fingerprint density at radius 3 is 2.73 bits per heavy atom. The summed E-state index contributed by atoms with van der Waals surface area (Å²) in [5.74, 6) is -0.0890. The second-order valence-corrected chi connectivity index (χ2v) is 2.89. The topological polar surface area (TPSA) is 64.2 Å². The van der Waals surface area contributed by atoms with E-state index >= 15 is 0 Å². The zero-order valence-electron chi connectivity index (χ0n) is 8.50. The Bertz CT molecular complexity index is 308. The molecule has 0 radical (unpaired) electrons. The van der Waals surface area contributed by atoms with Crippen LogP contribution in [0.25, 0.3) is 0 Å². The highest BCUT2D eigenvalue weighted by molar-refractivity contribution is 5.34. The molecule has 3 nitrogen and oxygen atoms in total. The first-order chi connectivity index (χ1) is 7.28. The summed E-state index contributed by atoms with van der Waals surface area (Å²) in [5.41, 5.74) is 0.490. The van der Waals surface area contributed by atoms with Crippen molar-refractivity contribution in [2.75, 3.05) is 6.61 Å². The normalized spacial score (nSPS) is 14.3. The predicted molar refractivity (Wildman–Crippen MR) is 60.0 cm³/mol. The Morgan fingerprint density at radius 1 is 1.53 bits per heavy atom. The number of nitrogens with zero attached hydrogens (tertiary/aromatic N) is 1. The Hall–Kier alpha value is -1.79. The van der Waals surface area contributed by atoms with Gasteiger partial charge in [-0.3, -0.25) is 0 Å². The van der Waals surface area contributed by atoms with Crippen molar-refractivity contribution in [2.24, 2.45) is 5.92 Å². The quantitative estimate of drug-likeness (QED) is 0.397. The van der Waals surface area contributed by atoms with Gasteiger partial charge in [0.05, 0.1) is 17.9 Å². The van der Waals surface area contributed by atoms with Crippen molar-refractivity contribution in [3.8, 4) is 6.07 Å². The smallest absolute Gasteiger partial charge is 0.0991 e. The zero-order valence-corrected chi connectivity index (χ0v) is 8.50. The van der Waals surface area contributed by atoms with Crippen molar-refractivity contribution in [1.29, 1.82) is 5.26 Å². The average Bonchev–Trinajstić information content (AvgIpc) is 2.28. The molecular formula is C12H15NO2. The van der Waals surface area contributed by atoms with E-state index in [1.54, 1.807) is 12.2 Å². The van der Waals surface area contributed by atoms with Gasteiger partial charge in [0.2, 0.25) is 0 Å². The van der Waals surface area contributed by atoms with Gasteiger partial charge in [-0.25, -0.2) is 0 Å². The van der Waals surface area contributed by atoms with Crippen molar-refractivity contribution in [3.05, 3.63) is 48.8 Å². The summed E-state index contributed by atoms with van der Waals surface area (Å²) in [4.78, 5) is 0. The molecule has 0 amide bonds. The predicted octanol–water partition coefficient (Wildman–Crippen LogP) is 2.25. The van der Waals surface area contributed by atoms with Gasteiger partial charge in [0, 0.05) is 12.5 Å². The van der Waals surface area contributed by atoms with Crippen LogP contribution in [0.4, 0.5) is 0 Å². The summed E-state index contributed by atoms with van der Waals surface area (Å²) < 4.78 is 0. The summed E-state index contributed by atoms with van der Waals surface area (Å²) in [6.45, 7) is 3.47. The van der Waals surface area contributed by atoms with E-state index in [1.807, 2.05) is 12.1 Å². The summed E-state index contributed by atoms with van der Waals surface area (Å²) in [6, 6.07) is 1.97. The summed E-state index contributed by atoms with van der Waals surface area (Å²) in [7, 11) is 0. The minimum Gasteiger partial charge on any atom is -0.516 e. The highest BCUT2D eigenvalue weighted by Crippen LogP contribution is 2.05. The second kappa shape index (κ2) is 8.79. The van der Waals surface area contributed by atoms with E-state index in [9.17, 15) is 0 Å². The lowest BCUT2D eigenvalue weighted by Gasteiger charge is -2.03. The van der Waals surface area contributed by atoms with Crippen LogP contribution in [-0.2, 0) is 0 Å². The van der Waals surface area contributed by atoms with Gasteiger partial charge in [0.1, 0.15) is 0 Å². The van der Waals surface area contributed by atoms with Crippen molar-refractivity contribution >= 4 is 0 Å². The van der Waals surface area contributed by atoms with Gasteiger partial charge in [-0.05, 0) is 18.6 Å². The summed E-state index contributed by atoms with van der Waals surface area (Å²) >= 11 is 0. The molecule has 0 spiro atoms. The third kappa shape index (κ3) is 6.30.